The van der Waals surface area contributed by atoms with Crippen LogP contribution in [-0.2, 0) is 0 Å². The van der Waals surface area contributed by atoms with E-state index in [9.17, 15) is 0 Å². The van der Waals surface area contributed by atoms with Gasteiger partial charge in [-0.05, 0) is 28.3 Å². The molecule has 124 valence electrons. The van der Waals surface area contributed by atoms with Gasteiger partial charge >= 0.3 is 0 Å². The van der Waals surface area contributed by atoms with Crippen molar-refractivity contribution in [1.29, 1.82) is 0 Å². The van der Waals surface area contributed by atoms with Gasteiger partial charge in [-0.25, -0.2) is 4.98 Å². The first-order chi connectivity index (χ1) is 12.9. The summed E-state index contributed by atoms with van der Waals surface area (Å²) in [5, 5.41) is 6.70. The zero-order valence-corrected chi connectivity index (χ0v) is 15.6. The van der Waals surface area contributed by atoms with E-state index in [2.05, 4.69) is 83.6 Å². The number of benzene rings is 2. The number of pyridine rings is 1. The molecule has 0 aliphatic rings. The van der Waals surface area contributed by atoms with Crippen molar-refractivity contribution < 1.29 is 0 Å². The molecule has 3 aromatic heterocycles. The van der Waals surface area contributed by atoms with Crippen molar-refractivity contribution in [2.45, 2.75) is 0 Å². The lowest BCUT2D eigenvalue weighted by Gasteiger charge is -2.14. The summed E-state index contributed by atoms with van der Waals surface area (Å²) in [6.45, 7) is 0. The standard InChI is InChI=1S/C23H15NS2/c1-2-8-16(9-3-1)22-18-11-5-4-10-17(18)21(19-12-6-14-25-19)23(24-22)20-13-7-15-26-20/h1-15H. The van der Waals surface area contributed by atoms with Crippen LogP contribution in [-0.4, -0.2) is 4.98 Å². The van der Waals surface area contributed by atoms with Crippen molar-refractivity contribution in [2.75, 3.05) is 0 Å². The second-order valence-electron chi connectivity index (χ2n) is 6.05. The number of thiophene rings is 2. The average molecular weight is 370 g/mol. The molecule has 0 unspecified atom stereocenters. The lowest BCUT2D eigenvalue weighted by atomic mass is 9.97. The monoisotopic (exact) mass is 369 g/mol. The summed E-state index contributed by atoms with van der Waals surface area (Å²) < 4.78 is 0. The molecule has 5 aromatic rings. The second kappa shape index (κ2) is 6.52. The van der Waals surface area contributed by atoms with Crippen LogP contribution < -0.4 is 0 Å². The van der Waals surface area contributed by atoms with Crippen molar-refractivity contribution >= 4 is 33.4 Å². The minimum absolute atomic E-state index is 1.05. The largest absolute Gasteiger partial charge is 0.246 e. The SMILES string of the molecule is c1ccc(-c2nc(-c3cccs3)c(-c3cccs3)c3ccccc23)cc1. The molecular weight excluding hydrogens is 354 g/mol. The average Bonchev–Trinajstić information content (AvgIpc) is 3.41. The fraction of sp³-hybridized carbons (Fsp3) is 0. The number of hydrogen-bond acceptors (Lipinski definition) is 3. The Kier molecular flexibility index (Phi) is 3.89. The molecule has 0 saturated carbocycles. The van der Waals surface area contributed by atoms with Crippen molar-refractivity contribution in [3.63, 3.8) is 0 Å². The highest BCUT2D eigenvalue weighted by molar-refractivity contribution is 7.14. The molecule has 0 amide bonds. The minimum atomic E-state index is 1.05. The van der Waals surface area contributed by atoms with Crippen LogP contribution in [0.1, 0.15) is 0 Å². The highest BCUT2D eigenvalue weighted by atomic mass is 32.1. The zero-order chi connectivity index (χ0) is 17.3. The van der Waals surface area contributed by atoms with E-state index in [0.717, 1.165) is 17.0 Å². The smallest absolute Gasteiger partial charge is 0.0902 e. The Morgan fingerprint density at radius 1 is 0.538 bits per heavy atom. The summed E-state index contributed by atoms with van der Waals surface area (Å²) in [5.74, 6) is 0. The first-order valence-corrected chi connectivity index (χ1v) is 10.2. The molecule has 1 nitrogen and oxygen atoms in total. The summed E-state index contributed by atoms with van der Waals surface area (Å²) in [4.78, 5) is 7.65. The molecule has 0 N–H and O–H groups in total. The fourth-order valence-corrected chi connectivity index (χ4v) is 4.85. The van der Waals surface area contributed by atoms with Crippen LogP contribution in [0, 0.1) is 0 Å². The van der Waals surface area contributed by atoms with Gasteiger partial charge < -0.3 is 0 Å². The van der Waals surface area contributed by atoms with Gasteiger partial charge in [-0.2, -0.15) is 0 Å². The maximum Gasteiger partial charge on any atom is 0.0902 e. The second-order valence-corrected chi connectivity index (χ2v) is 7.95. The fourth-order valence-electron chi connectivity index (χ4n) is 3.34. The lowest BCUT2D eigenvalue weighted by Crippen LogP contribution is -1.94. The Balaban J connectivity index is 1.93. The maximum atomic E-state index is 5.19. The van der Waals surface area contributed by atoms with E-state index in [0.29, 0.717) is 0 Å². The third-order valence-corrected chi connectivity index (χ3v) is 6.25. The van der Waals surface area contributed by atoms with E-state index in [4.69, 9.17) is 4.98 Å². The van der Waals surface area contributed by atoms with Crippen molar-refractivity contribution in [3.05, 3.63) is 89.6 Å². The predicted molar refractivity (Wildman–Crippen MR) is 114 cm³/mol. The summed E-state index contributed by atoms with van der Waals surface area (Å²) in [7, 11) is 0. The molecule has 2 aromatic carbocycles. The van der Waals surface area contributed by atoms with E-state index < -0.39 is 0 Å². The maximum absolute atomic E-state index is 5.19. The van der Waals surface area contributed by atoms with Crippen LogP contribution in [0.25, 0.3) is 43.0 Å². The zero-order valence-electron chi connectivity index (χ0n) is 13.9. The number of hydrogen-bond donors (Lipinski definition) is 0. The van der Waals surface area contributed by atoms with E-state index in [1.54, 1.807) is 22.7 Å². The van der Waals surface area contributed by atoms with E-state index >= 15 is 0 Å². The molecule has 5 rings (SSSR count). The summed E-state index contributed by atoms with van der Waals surface area (Å²) in [6, 6.07) is 27.6. The number of aromatic nitrogens is 1. The molecule has 0 spiro atoms. The van der Waals surface area contributed by atoms with Crippen LogP contribution >= 0.6 is 22.7 Å². The van der Waals surface area contributed by atoms with Crippen LogP contribution in [0.2, 0.25) is 0 Å². The van der Waals surface area contributed by atoms with Gasteiger partial charge in [0.1, 0.15) is 0 Å². The van der Waals surface area contributed by atoms with Gasteiger partial charge in [-0.3, -0.25) is 0 Å². The number of nitrogens with zero attached hydrogens (tertiary/aromatic N) is 1. The first kappa shape index (κ1) is 15.5. The minimum Gasteiger partial charge on any atom is -0.246 e. The highest BCUT2D eigenvalue weighted by Crippen LogP contribution is 2.43. The molecule has 0 radical (unpaired) electrons. The summed E-state index contributed by atoms with van der Waals surface area (Å²) in [6.07, 6.45) is 0. The Bertz CT molecular complexity index is 1160. The van der Waals surface area contributed by atoms with E-state index in [1.165, 1.54) is 26.1 Å². The molecule has 0 atom stereocenters. The quantitative estimate of drug-likeness (QED) is 0.324. The van der Waals surface area contributed by atoms with Crippen molar-refractivity contribution in [2.24, 2.45) is 0 Å². The molecule has 0 saturated heterocycles. The van der Waals surface area contributed by atoms with Crippen molar-refractivity contribution in [1.82, 2.24) is 4.98 Å². The molecule has 26 heavy (non-hydrogen) atoms. The highest BCUT2D eigenvalue weighted by Gasteiger charge is 2.18. The summed E-state index contributed by atoms with van der Waals surface area (Å²) >= 11 is 3.51. The third kappa shape index (κ3) is 2.57. The molecular formula is C23H15NS2. The lowest BCUT2D eigenvalue weighted by molar-refractivity contribution is 1.37. The van der Waals surface area contributed by atoms with E-state index in [1.807, 2.05) is 6.07 Å². The Morgan fingerprint density at radius 2 is 1.19 bits per heavy atom. The van der Waals surface area contributed by atoms with Gasteiger partial charge in [0.2, 0.25) is 0 Å². The van der Waals surface area contributed by atoms with Gasteiger partial charge in [0.15, 0.2) is 0 Å². The van der Waals surface area contributed by atoms with Crippen LogP contribution in [0.3, 0.4) is 0 Å². The van der Waals surface area contributed by atoms with Gasteiger partial charge in [-0.1, -0.05) is 66.7 Å². The Hall–Kier alpha value is -2.75. The first-order valence-electron chi connectivity index (χ1n) is 8.48. The number of rotatable bonds is 3. The normalized spacial score (nSPS) is 11.1. The van der Waals surface area contributed by atoms with Gasteiger partial charge in [0.05, 0.1) is 16.3 Å². The molecule has 0 aliphatic heterocycles. The van der Waals surface area contributed by atoms with E-state index in [-0.39, 0.29) is 0 Å². The van der Waals surface area contributed by atoms with Crippen LogP contribution in [0.15, 0.2) is 89.6 Å². The summed E-state index contributed by atoms with van der Waals surface area (Å²) in [5.41, 5.74) is 4.50. The van der Waals surface area contributed by atoms with Crippen molar-refractivity contribution in [3.8, 4) is 32.3 Å². The third-order valence-electron chi connectivity index (χ3n) is 4.48. The predicted octanol–water partition coefficient (Wildman–Crippen LogP) is 7.36. The van der Waals surface area contributed by atoms with Gasteiger partial charge in [0, 0.05) is 21.4 Å². The molecule has 0 bridgehead atoms. The Labute approximate surface area is 160 Å². The van der Waals surface area contributed by atoms with Crippen LogP contribution in [0.5, 0.6) is 0 Å². The topological polar surface area (TPSA) is 12.9 Å². The molecule has 3 heterocycles. The van der Waals surface area contributed by atoms with Gasteiger partial charge in [-0.15, -0.1) is 22.7 Å². The Morgan fingerprint density at radius 3 is 1.88 bits per heavy atom. The molecule has 3 heteroatoms. The molecule has 0 fully saturated rings. The molecule has 0 aliphatic carbocycles. The number of fused-ring (bicyclic) bond motifs is 1. The van der Waals surface area contributed by atoms with Crippen LogP contribution in [0.4, 0.5) is 0 Å². The van der Waals surface area contributed by atoms with Gasteiger partial charge in [0.25, 0.3) is 0 Å².